The lowest BCUT2D eigenvalue weighted by molar-refractivity contribution is -0.305. The maximum Gasteiger partial charge on any atom is 0.306 e. The van der Waals surface area contributed by atoms with Gasteiger partial charge in [0, 0.05) is 13.0 Å². The Morgan fingerprint density at radius 2 is 0.910 bits per heavy atom. The minimum Gasteiger partial charge on any atom is -0.457 e. The molecule has 6 atom stereocenters. The fourth-order valence-electron chi connectivity index (χ4n) is 8.40. The Labute approximate surface area is 411 Å². The standard InChI is InChI=1S/C58H104O9/c1-3-5-7-9-11-13-15-17-19-21-23-25-26-27-28-29-31-33-35-37-39-41-43-45-47-54(60)66-52(51-65-58-57(63)56(62)55(61)53(49-59)67-58)50-64-48-46-44-42-40-38-36-34-32-30-24-22-20-18-16-14-12-10-8-6-4-2/h6,8,12,14,18,20,24,30,34,36,52-53,55-59,61-63H,3-5,7,9-11,13,15-17,19,21-23,25-29,31-33,35,37-51H2,1-2H3/b8-6-,14-12-,20-18-,30-24-,36-34-. The summed E-state index contributed by atoms with van der Waals surface area (Å²) in [6.45, 7) is 4.42. The summed E-state index contributed by atoms with van der Waals surface area (Å²) in [6.07, 6.45) is 57.0. The van der Waals surface area contributed by atoms with Crippen LogP contribution in [0.2, 0.25) is 0 Å². The van der Waals surface area contributed by atoms with Gasteiger partial charge in [0.2, 0.25) is 0 Å². The van der Waals surface area contributed by atoms with E-state index in [0.717, 1.165) is 83.5 Å². The van der Waals surface area contributed by atoms with Gasteiger partial charge in [-0.3, -0.25) is 4.79 Å². The van der Waals surface area contributed by atoms with Gasteiger partial charge in [0.05, 0.1) is 19.8 Å². The smallest absolute Gasteiger partial charge is 0.306 e. The normalized spacial score (nSPS) is 19.6. The lowest BCUT2D eigenvalue weighted by Crippen LogP contribution is -2.59. The summed E-state index contributed by atoms with van der Waals surface area (Å²) < 4.78 is 22.9. The first kappa shape index (κ1) is 62.9. The van der Waals surface area contributed by atoms with E-state index in [1.54, 1.807) is 0 Å². The van der Waals surface area contributed by atoms with Crippen LogP contribution in [0.1, 0.15) is 239 Å². The van der Waals surface area contributed by atoms with Crippen molar-refractivity contribution in [1.82, 2.24) is 0 Å². The molecule has 1 aliphatic rings. The molecule has 0 spiro atoms. The average molecular weight is 945 g/mol. The number of carbonyl (C=O) groups is 1. The third-order valence-corrected chi connectivity index (χ3v) is 12.7. The van der Waals surface area contributed by atoms with E-state index in [0.29, 0.717) is 13.0 Å². The quantitative estimate of drug-likeness (QED) is 0.0267. The molecule has 67 heavy (non-hydrogen) atoms. The van der Waals surface area contributed by atoms with Gasteiger partial charge < -0.3 is 39.4 Å². The van der Waals surface area contributed by atoms with Gasteiger partial charge in [-0.15, -0.1) is 0 Å². The molecule has 9 heteroatoms. The molecule has 1 rings (SSSR count). The second kappa shape index (κ2) is 48.9. The zero-order chi connectivity index (χ0) is 48.5. The summed E-state index contributed by atoms with van der Waals surface area (Å²) >= 11 is 0. The van der Waals surface area contributed by atoms with E-state index in [2.05, 4.69) is 74.6 Å². The second-order valence-electron chi connectivity index (χ2n) is 19.0. The molecule has 9 nitrogen and oxygen atoms in total. The molecule has 0 bridgehead atoms. The van der Waals surface area contributed by atoms with Crippen molar-refractivity contribution in [2.45, 2.75) is 275 Å². The maximum atomic E-state index is 12.9. The van der Waals surface area contributed by atoms with Gasteiger partial charge in [-0.05, 0) is 57.8 Å². The van der Waals surface area contributed by atoms with Crippen LogP contribution in [0.3, 0.4) is 0 Å². The van der Waals surface area contributed by atoms with Crippen LogP contribution in [0.5, 0.6) is 0 Å². The summed E-state index contributed by atoms with van der Waals surface area (Å²) in [5.41, 5.74) is 0. The van der Waals surface area contributed by atoms with E-state index in [1.807, 2.05) is 0 Å². The number of carbonyl (C=O) groups excluding carboxylic acids is 1. The molecule has 0 aromatic rings. The summed E-state index contributed by atoms with van der Waals surface area (Å²) in [5.74, 6) is -0.320. The highest BCUT2D eigenvalue weighted by Gasteiger charge is 2.44. The number of hydrogen-bond donors (Lipinski definition) is 4. The average Bonchev–Trinajstić information content (AvgIpc) is 3.33. The van der Waals surface area contributed by atoms with Crippen molar-refractivity contribution in [3.8, 4) is 0 Å². The van der Waals surface area contributed by atoms with Crippen LogP contribution in [0.25, 0.3) is 0 Å². The predicted molar refractivity (Wildman–Crippen MR) is 279 cm³/mol. The Morgan fingerprint density at radius 1 is 0.493 bits per heavy atom. The number of unbranched alkanes of at least 4 members (excludes halogenated alkanes) is 27. The van der Waals surface area contributed by atoms with Crippen molar-refractivity contribution in [3.05, 3.63) is 60.8 Å². The number of esters is 1. The topological polar surface area (TPSA) is 135 Å². The van der Waals surface area contributed by atoms with E-state index < -0.39 is 43.4 Å². The third-order valence-electron chi connectivity index (χ3n) is 12.7. The van der Waals surface area contributed by atoms with Crippen LogP contribution >= 0.6 is 0 Å². The minimum atomic E-state index is -1.54. The number of hydrogen-bond acceptors (Lipinski definition) is 9. The second-order valence-corrected chi connectivity index (χ2v) is 19.0. The molecule has 1 fully saturated rings. The third kappa shape index (κ3) is 39.3. The zero-order valence-corrected chi connectivity index (χ0v) is 43.1. The first-order chi connectivity index (χ1) is 32.9. The van der Waals surface area contributed by atoms with Crippen LogP contribution in [-0.2, 0) is 23.7 Å². The molecule has 0 saturated carbocycles. The molecule has 4 N–H and O–H groups in total. The first-order valence-corrected chi connectivity index (χ1v) is 27.9. The number of aliphatic hydroxyl groups excluding tert-OH is 4. The molecule has 0 aromatic heterocycles. The Hall–Kier alpha value is -2.11. The largest absolute Gasteiger partial charge is 0.457 e. The van der Waals surface area contributed by atoms with Crippen molar-refractivity contribution >= 4 is 5.97 Å². The molecule has 1 saturated heterocycles. The van der Waals surface area contributed by atoms with E-state index in [1.165, 1.54) is 135 Å². The van der Waals surface area contributed by atoms with Crippen LogP contribution < -0.4 is 0 Å². The van der Waals surface area contributed by atoms with Crippen molar-refractivity contribution in [2.24, 2.45) is 0 Å². The fraction of sp³-hybridized carbons (Fsp3) is 0.810. The number of rotatable bonds is 48. The monoisotopic (exact) mass is 945 g/mol. The summed E-state index contributed by atoms with van der Waals surface area (Å²) in [4.78, 5) is 12.9. The highest BCUT2D eigenvalue weighted by Crippen LogP contribution is 2.23. The molecule has 1 aliphatic heterocycles. The predicted octanol–water partition coefficient (Wildman–Crippen LogP) is 14.2. The lowest BCUT2D eigenvalue weighted by atomic mass is 9.99. The van der Waals surface area contributed by atoms with Gasteiger partial charge in [0.15, 0.2) is 6.29 Å². The summed E-state index contributed by atoms with van der Waals surface area (Å²) in [7, 11) is 0. The van der Waals surface area contributed by atoms with Crippen LogP contribution in [0.4, 0.5) is 0 Å². The van der Waals surface area contributed by atoms with E-state index in [4.69, 9.17) is 18.9 Å². The van der Waals surface area contributed by atoms with Gasteiger partial charge >= 0.3 is 5.97 Å². The Kier molecular flexibility index (Phi) is 45.9. The van der Waals surface area contributed by atoms with Gasteiger partial charge in [-0.2, -0.15) is 0 Å². The molecule has 0 radical (unpaired) electrons. The van der Waals surface area contributed by atoms with E-state index in [9.17, 15) is 25.2 Å². The summed E-state index contributed by atoms with van der Waals surface area (Å²) in [6, 6.07) is 0. The maximum absolute atomic E-state index is 12.9. The first-order valence-electron chi connectivity index (χ1n) is 27.9. The number of ether oxygens (including phenoxy) is 4. The van der Waals surface area contributed by atoms with Crippen molar-refractivity contribution in [1.29, 1.82) is 0 Å². The molecule has 0 amide bonds. The highest BCUT2D eigenvalue weighted by atomic mass is 16.7. The van der Waals surface area contributed by atoms with Crippen molar-refractivity contribution in [2.75, 3.05) is 26.4 Å². The van der Waals surface area contributed by atoms with E-state index in [-0.39, 0.29) is 19.2 Å². The SMILES string of the molecule is CC/C=C\C/C=C\C/C=C\C/C=C\C/C=C\CCCCCCOCC(COC1OC(CO)C(O)C(O)C1O)OC(=O)CCCCCCCCCCCCCCCCCCCCCCCCCC. The van der Waals surface area contributed by atoms with Gasteiger partial charge in [0.1, 0.15) is 30.5 Å². The van der Waals surface area contributed by atoms with Gasteiger partial charge in [-0.25, -0.2) is 0 Å². The zero-order valence-electron chi connectivity index (χ0n) is 43.1. The lowest BCUT2D eigenvalue weighted by Gasteiger charge is -2.39. The van der Waals surface area contributed by atoms with Crippen molar-refractivity contribution < 1.29 is 44.2 Å². The Bertz CT molecular complexity index is 1210. The highest BCUT2D eigenvalue weighted by molar-refractivity contribution is 5.69. The molecule has 6 unspecified atom stereocenters. The molecular weight excluding hydrogens is 841 g/mol. The molecule has 0 aliphatic carbocycles. The minimum absolute atomic E-state index is 0.124. The van der Waals surface area contributed by atoms with E-state index >= 15 is 0 Å². The summed E-state index contributed by atoms with van der Waals surface area (Å²) in [5, 5.41) is 40.3. The van der Waals surface area contributed by atoms with Crippen LogP contribution in [0.15, 0.2) is 60.8 Å². The van der Waals surface area contributed by atoms with Gasteiger partial charge in [0.25, 0.3) is 0 Å². The number of allylic oxidation sites excluding steroid dienone is 10. The fourth-order valence-corrected chi connectivity index (χ4v) is 8.40. The number of aliphatic hydroxyl groups is 4. The molecular formula is C58H104O9. The Morgan fingerprint density at radius 3 is 1.37 bits per heavy atom. The Balaban J connectivity index is 2.18. The van der Waals surface area contributed by atoms with Gasteiger partial charge in [-0.1, -0.05) is 235 Å². The molecule has 1 heterocycles. The molecule has 0 aromatic carbocycles. The molecule has 390 valence electrons. The van der Waals surface area contributed by atoms with Crippen LogP contribution in [-0.4, -0.2) is 89.6 Å². The van der Waals surface area contributed by atoms with Crippen molar-refractivity contribution in [3.63, 3.8) is 0 Å². The van der Waals surface area contributed by atoms with Crippen LogP contribution in [0, 0.1) is 0 Å².